The first-order valence-corrected chi connectivity index (χ1v) is 10.5. The highest BCUT2D eigenvalue weighted by atomic mass is 16.5. The van der Waals surface area contributed by atoms with E-state index in [4.69, 9.17) is 4.74 Å². The Balaban J connectivity index is 1.56. The van der Waals surface area contributed by atoms with Crippen molar-refractivity contribution in [2.45, 2.75) is 25.9 Å². The number of para-hydroxylation sites is 1. The lowest BCUT2D eigenvalue weighted by atomic mass is 10.0. The molecule has 2 N–H and O–H groups in total. The highest BCUT2D eigenvalue weighted by Gasteiger charge is 2.34. The minimum atomic E-state index is -0.524. The zero-order valence-electron chi connectivity index (χ0n) is 17.4. The molecule has 1 atom stereocenters. The van der Waals surface area contributed by atoms with E-state index in [-0.39, 0.29) is 11.8 Å². The van der Waals surface area contributed by atoms with Gasteiger partial charge in [0.15, 0.2) is 0 Å². The van der Waals surface area contributed by atoms with Crippen molar-refractivity contribution in [3.8, 4) is 5.75 Å². The van der Waals surface area contributed by atoms with Crippen LogP contribution in [0.4, 0.5) is 5.69 Å². The molecule has 3 aromatic rings. The van der Waals surface area contributed by atoms with Crippen molar-refractivity contribution in [3.05, 3.63) is 95.6 Å². The third-order valence-electron chi connectivity index (χ3n) is 5.15. The first-order chi connectivity index (χ1) is 15.2. The van der Waals surface area contributed by atoms with E-state index in [1.54, 1.807) is 36.4 Å². The van der Waals surface area contributed by atoms with Gasteiger partial charge in [0.2, 0.25) is 0 Å². The number of rotatable bonds is 7. The van der Waals surface area contributed by atoms with Gasteiger partial charge in [0.05, 0.1) is 12.2 Å². The van der Waals surface area contributed by atoms with Crippen LogP contribution in [0, 0.1) is 0 Å². The van der Waals surface area contributed by atoms with Gasteiger partial charge in [-0.05, 0) is 48.4 Å². The number of nitrogens with zero attached hydrogens (tertiary/aromatic N) is 1. The molecular weight excluding hydrogens is 390 g/mol. The molecule has 0 aliphatic carbocycles. The van der Waals surface area contributed by atoms with Gasteiger partial charge in [0.1, 0.15) is 11.9 Å². The monoisotopic (exact) mass is 415 g/mol. The van der Waals surface area contributed by atoms with Gasteiger partial charge in [-0.2, -0.15) is 0 Å². The molecule has 158 valence electrons. The Labute approximate surface area is 181 Å². The average molecular weight is 415 g/mol. The lowest BCUT2D eigenvalue weighted by molar-refractivity contribution is 0.0491. The van der Waals surface area contributed by atoms with Crippen LogP contribution in [0.5, 0.6) is 5.75 Å². The Morgan fingerprint density at radius 1 is 1.00 bits per heavy atom. The van der Waals surface area contributed by atoms with Crippen molar-refractivity contribution in [2.75, 3.05) is 11.9 Å². The summed E-state index contributed by atoms with van der Waals surface area (Å²) in [4.78, 5) is 26.2. The Bertz CT molecular complexity index is 1050. The standard InChI is InChI=1S/C25H25N3O3/c1-2-3-17-31-20-15-13-19(14-16-20)24(29)27-28-23(18-9-5-4-6-10-18)26-22-12-8-7-11-21(22)25(28)30/h4-16,23,26H,2-3,17H2,1H3,(H,27,29). The van der Waals surface area contributed by atoms with Gasteiger partial charge in [-0.25, -0.2) is 5.01 Å². The average Bonchev–Trinajstić information content (AvgIpc) is 2.82. The van der Waals surface area contributed by atoms with Crippen LogP contribution in [0.3, 0.4) is 0 Å². The van der Waals surface area contributed by atoms with E-state index in [9.17, 15) is 9.59 Å². The zero-order valence-corrected chi connectivity index (χ0v) is 17.4. The molecule has 0 saturated carbocycles. The van der Waals surface area contributed by atoms with Crippen LogP contribution in [0.25, 0.3) is 0 Å². The van der Waals surface area contributed by atoms with Gasteiger partial charge in [-0.3, -0.25) is 15.0 Å². The Morgan fingerprint density at radius 3 is 2.45 bits per heavy atom. The minimum absolute atomic E-state index is 0.268. The third kappa shape index (κ3) is 4.53. The topological polar surface area (TPSA) is 70.7 Å². The maximum atomic E-state index is 13.2. The number of hydrogen-bond donors (Lipinski definition) is 2. The predicted octanol–water partition coefficient (Wildman–Crippen LogP) is 4.78. The largest absolute Gasteiger partial charge is 0.494 e. The molecular formula is C25H25N3O3. The molecule has 0 spiro atoms. The van der Waals surface area contributed by atoms with Crippen molar-refractivity contribution in [3.63, 3.8) is 0 Å². The van der Waals surface area contributed by atoms with Crippen molar-refractivity contribution >= 4 is 17.5 Å². The number of fused-ring (bicyclic) bond motifs is 1. The first-order valence-electron chi connectivity index (χ1n) is 10.5. The maximum absolute atomic E-state index is 13.2. The summed E-state index contributed by atoms with van der Waals surface area (Å²) in [5.74, 6) is 0.0865. The van der Waals surface area contributed by atoms with Gasteiger partial charge in [-0.15, -0.1) is 0 Å². The molecule has 1 aliphatic rings. The van der Waals surface area contributed by atoms with Gasteiger partial charge in [-0.1, -0.05) is 55.8 Å². The molecule has 2 amide bonds. The number of carbonyl (C=O) groups excluding carboxylic acids is 2. The molecule has 4 rings (SSSR count). The van der Waals surface area contributed by atoms with E-state index >= 15 is 0 Å². The number of benzene rings is 3. The second-order valence-corrected chi connectivity index (χ2v) is 7.35. The van der Waals surface area contributed by atoms with E-state index in [0.717, 1.165) is 29.8 Å². The molecule has 3 aromatic carbocycles. The number of ether oxygens (including phenoxy) is 1. The van der Waals surface area contributed by atoms with Crippen LogP contribution in [-0.2, 0) is 0 Å². The van der Waals surface area contributed by atoms with Crippen molar-refractivity contribution in [2.24, 2.45) is 0 Å². The van der Waals surface area contributed by atoms with Crippen molar-refractivity contribution in [1.29, 1.82) is 0 Å². The predicted molar refractivity (Wildman–Crippen MR) is 120 cm³/mol. The normalized spacial score (nSPS) is 15.1. The lowest BCUT2D eigenvalue weighted by Crippen LogP contribution is -2.52. The molecule has 0 bridgehead atoms. The quantitative estimate of drug-likeness (QED) is 0.545. The van der Waals surface area contributed by atoms with Crippen LogP contribution < -0.4 is 15.5 Å². The number of anilines is 1. The summed E-state index contributed by atoms with van der Waals surface area (Å²) in [6.45, 7) is 2.75. The summed E-state index contributed by atoms with van der Waals surface area (Å²) in [6.07, 6.45) is 1.52. The summed E-state index contributed by atoms with van der Waals surface area (Å²) in [5, 5.41) is 4.71. The van der Waals surface area contributed by atoms with Gasteiger partial charge < -0.3 is 10.1 Å². The van der Waals surface area contributed by atoms with Crippen LogP contribution in [0.15, 0.2) is 78.9 Å². The fraction of sp³-hybridized carbons (Fsp3) is 0.200. The number of hydrazine groups is 1. The van der Waals surface area contributed by atoms with Gasteiger partial charge in [0, 0.05) is 11.3 Å². The summed E-state index contributed by atoms with van der Waals surface area (Å²) >= 11 is 0. The molecule has 0 fully saturated rings. The fourth-order valence-electron chi connectivity index (χ4n) is 3.45. The maximum Gasteiger partial charge on any atom is 0.276 e. The smallest absolute Gasteiger partial charge is 0.276 e. The number of nitrogens with one attached hydrogen (secondary N) is 2. The van der Waals surface area contributed by atoms with Crippen LogP contribution >= 0.6 is 0 Å². The molecule has 0 radical (unpaired) electrons. The van der Waals surface area contributed by atoms with E-state index in [1.807, 2.05) is 42.5 Å². The molecule has 0 saturated heterocycles. The SMILES string of the molecule is CCCCOc1ccc(C(=O)NN2C(=O)c3ccccc3NC2c2ccccc2)cc1. The molecule has 0 aromatic heterocycles. The van der Waals surface area contributed by atoms with E-state index < -0.39 is 6.17 Å². The van der Waals surface area contributed by atoms with Crippen LogP contribution in [-0.4, -0.2) is 23.4 Å². The number of amides is 2. The minimum Gasteiger partial charge on any atom is -0.494 e. The molecule has 6 nitrogen and oxygen atoms in total. The second kappa shape index (κ2) is 9.34. The Hall–Kier alpha value is -3.80. The third-order valence-corrected chi connectivity index (χ3v) is 5.15. The number of hydrogen-bond acceptors (Lipinski definition) is 4. The van der Waals surface area contributed by atoms with Crippen molar-refractivity contribution < 1.29 is 14.3 Å². The lowest BCUT2D eigenvalue weighted by Gasteiger charge is -2.37. The Kier molecular flexibility index (Phi) is 6.17. The van der Waals surface area contributed by atoms with Gasteiger partial charge in [0.25, 0.3) is 11.8 Å². The summed E-state index contributed by atoms with van der Waals surface area (Å²) in [5.41, 5.74) is 5.34. The fourth-order valence-corrected chi connectivity index (χ4v) is 3.45. The summed E-state index contributed by atoms with van der Waals surface area (Å²) in [6, 6.07) is 23.8. The first kappa shape index (κ1) is 20.5. The highest BCUT2D eigenvalue weighted by molar-refractivity contribution is 6.04. The van der Waals surface area contributed by atoms with Crippen LogP contribution in [0.1, 0.15) is 52.2 Å². The van der Waals surface area contributed by atoms with Crippen LogP contribution in [0.2, 0.25) is 0 Å². The molecule has 1 heterocycles. The Morgan fingerprint density at radius 2 is 1.71 bits per heavy atom. The zero-order chi connectivity index (χ0) is 21.6. The molecule has 1 aliphatic heterocycles. The van der Waals surface area contributed by atoms with E-state index in [1.165, 1.54) is 5.01 Å². The summed E-state index contributed by atoms with van der Waals surface area (Å²) < 4.78 is 5.66. The van der Waals surface area contributed by atoms with Gasteiger partial charge >= 0.3 is 0 Å². The molecule has 6 heteroatoms. The summed E-state index contributed by atoms with van der Waals surface area (Å²) in [7, 11) is 0. The van der Waals surface area contributed by atoms with E-state index in [2.05, 4.69) is 17.7 Å². The van der Waals surface area contributed by atoms with Crippen molar-refractivity contribution in [1.82, 2.24) is 10.4 Å². The molecule has 31 heavy (non-hydrogen) atoms. The number of unbranched alkanes of at least 4 members (excludes halogenated alkanes) is 1. The second-order valence-electron chi connectivity index (χ2n) is 7.35. The highest BCUT2D eigenvalue weighted by Crippen LogP contribution is 2.31. The number of carbonyl (C=O) groups is 2. The molecule has 1 unspecified atom stereocenters. The van der Waals surface area contributed by atoms with E-state index in [0.29, 0.717) is 17.7 Å².